The molecule has 0 radical (unpaired) electrons. The minimum absolute atomic E-state index is 0. The first kappa shape index (κ1) is 14.7. The van der Waals surface area contributed by atoms with Crippen molar-refractivity contribution in [1.29, 1.82) is 0 Å². The van der Waals surface area contributed by atoms with Crippen LogP contribution in [0.2, 0.25) is 0 Å². The number of halogens is 1. The second-order valence-electron chi connectivity index (χ2n) is 3.33. The zero-order chi connectivity index (χ0) is 12.3. The molecular weight excluding hydrogens is 274 g/mol. The van der Waals surface area contributed by atoms with Gasteiger partial charge in [-0.1, -0.05) is 11.3 Å². The lowest BCUT2D eigenvalue weighted by Crippen LogP contribution is -2.21. The highest BCUT2D eigenvalue weighted by Gasteiger charge is 2.07. The lowest BCUT2D eigenvalue weighted by atomic mass is 10.3. The molecule has 1 aromatic heterocycles. The summed E-state index contributed by atoms with van der Waals surface area (Å²) in [6.07, 6.45) is 0. The Morgan fingerprint density at radius 1 is 1.56 bits per heavy atom. The highest BCUT2D eigenvalue weighted by Crippen LogP contribution is 2.29. The highest BCUT2D eigenvalue weighted by molar-refractivity contribution is 7.22. The third kappa shape index (κ3) is 3.32. The second kappa shape index (κ2) is 6.53. The van der Waals surface area contributed by atoms with Crippen molar-refractivity contribution >= 4 is 45.0 Å². The van der Waals surface area contributed by atoms with E-state index in [0.717, 1.165) is 16.0 Å². The third-order valence-electron chi connectivity index (χ3n) is 2.10. The van der Waals surface area contributed by atoms with Crippen LogP contribution >= 0.6 is 23.7 Å². The second-order valence-corrected chi connectivity index (χ2v) is 4.36. The molecule has 98 valence electrons. The van der Waals surface area contributed by atoms with Crippen LogP contribution in [0.5, 0.6) is 5.75 Å². The van der Waals surface area contributed by atoms with Gasteiger partial charge in [0.05, 0.1) is 23.4 Å². The smallest absolute Gasteiger partial charge is 0.239 e. The van der Waals surface area contributed by atoms with Crippen molar-refractivity contribution in [3.8, 4) is 5.75 Å². The van der Waals surface area contributed by atoms with Crippen molar-refractivity contribution in [2.75, 3.05) is 18.5 Å². The summed E-state index contributed by atoms with van der Waals surface area (Å²) in [5, 5.41) is 3.19. The van der Waals surface area contributed by atoms with E-state index in [-0.39, 0.29) is 24.9 Å². The predicted octanol–water partition coefficient (Wildman–Crippen LogP) is 2.01. The summed E-state index contributed by atoms with van der Waals surface area (Å²) in [5.74, 6) is 0.564. The van der Waals surface area contributed by atoms with Gasteiger partial charge in [0.15, 0.2) is 5.13 Å². The molecule has 1 aromatic carbocycles. The van der Waals surface area contributed by atoms with Crippen LogP contribution in [0.3, 0.4) is 0 Å². The molecule has 0 saturated heterocycles. The average Bonchev–Trinajstić information content (AvgIpc) is 2.70. The lowest BCUT2D eigenvalue weighted by Gasteiger charge is -2.00. The van der Waals surface area contributed by atoms with Gasteiger partial charge >= 0.3 is 0 Å². The fourth-order valence-electron chi connectivity index (χ4n) is 1.39. The number of nitrogens with one attached hydrogen (secondary N) is 1. The maximum Gasteiger partial charge on any atom is 0.239 e. The molecule has 0 unspecified atom stereocenters. The molecule has 0 atom stereocenters. The van der Waals surface area contributed by atoms with E-state index in [2.05, 4.69) is 10.3 Å². The first-order valence-corrected chi connectivity index (χ1v) is 6.08. The van der Waals surface area contributed by atoms with Crippen LogP contribution in [0, 0.1) is 0 Å². The van der Waals surface area contributed by atoms with Crippen LogP contribution in [0.25, 0.3) is 10.2 Å². The first-order chi connectivity index (χ1) is 8.22. The molecule has 0 aliphatic rings. The van der Waals surface area contributed by atoms with E-state index in [9.17, 15) is 4.79 Å². The molecule has 0 aliphatic carbocycles. The van der Waals surface area contributed by atoms with Gasteiger partial charge in [-0.25, -0.2) is 4.98 Å². The zero-order valence-electron chi connectivity index (χ0n) is 9.80. The Hall–Kier alpha value is -1.37. The Balaban J connectivity index is 0.00000162. The minimum Gasteiger partial charge on any atom is -0.494 e. The maximum atomic E-state index is 11.1. The number of thiazole rings is 1. The largest absolute Gasteiger partial charge is 0.494 e. The van der Waals surface area contributed by atoms with Crippen molar-refractivity contribution in [1.82, 2.24) is 4.98 Å². The number of aromatic nitrogens is 1. The molecule has 7 heteroatoms. The molecular formula is C11H14ClN3O2S. The van der Waals surface area contributed by atoms with Gasteiger partial charge < -0.3 is 15.8 Å². The molecule has 1 amide bonds. The number of ether oxygens (including phenoxy) is 1. The summed E-state index contributed by atoms with van der Waals surface area (Å²) >= 11 is 1.40. The summed E-state index contributed by atoms with van der Waals surface area (Å²) in [6, 6.07) is 5.64. The van der Waals surface area contributed by atoms with E-state index < -0.39 is 0 Å². The number of hydrogen-bond donors (Lipinski definition) is 2. The van der Waals surface area contributed by atoms with Gasteiger partial charge in [0.1, 0.15) is 5.75 Å². The molecule has 3 N–H and O–H groups in total. The molecule has 1 heterocycles. The van der Waals surface area contributed by atoms with E-state index in [1.807, 2.05) is 25.1 Å². The molecule has 2 rings (SSSR count). The van der Waals surface area contributed by atoms with Gasteiger partial charge in [-0.2, -0.15) is 0 Å². The van der Waals surface area contributed by atoms with Gasteiger partial charge in [0, 0.05) is 0 Å². The molecule has 0 aliphatic heterocycles. The Bertz CT molecular complexity index is 544. The van der Waals surface area contributed by atoms with E-state index in [1.54, 1.807) is 0 Å². The summed E-state index contributed by atoms with van der Waals surface area (Å²) in [6.45, 7) is 2.52. The summed E-state index contributed by atoms with van der Waals surface area (Å²) in [5.41, 5.74) is 6.06. The van der Waals surface area contributed by atoms with Gasteiger partial charge in [-0.15, -0.1) is 12.4 Å². The standard InChI is InChI=1S/C11H13N3O2S.ClH/c1-2-16-7-3-4-8-9(5-7)17-11(13-8)14-10(15)6-12;/h3-5H,2,6,12H2,1H3,(H,13,14,15);1H. The SMILES string of the molecule is CCOc1ccc2nc(NC(=O)CN)sc2c1.Cl. The quantitative estimate of drug-likeness (QED) is 0.902. The molecule has 0 fully saturated rings. The number of fused-ring (bicyclic) bond motifs is 1. The summed E-state index contributed by atoms with van der Waals surface area (Å²) in [4.78, 5) is 15.4. The van der Waals surface area contributed by atoms with Crippen molar-refractivity contribution in [2.24, 2.45) is 5.73 Å². The summed E-state index contributed by atoms with van der Waals surface area (Å²) < 4.78 is 6.37. The van der Waals surface area contributed by atoms with Crippen LogP contribution in [0.15, 0.2) is 18.2 Å². The van der Waals surface area contributed by atoms with Gasteiger partial charge in [0.2, 0.25) is 5.91 Å². The predicted molar refractivity (Wildman–Crippen MR) is 75.7 cm³/mol. The number of nitrogens with zero attached hydrogens (tertiary/aromatic N) is 1. The normalized spacial score (nSPS) is 9.89. The average molecular weight is 288 g/mol. The Morgan fingerprint density at radius 3 is 3.00 bits per heavy atom. The van der Waals surface area contributed by atoms with Crippen LogP contribution in [0.4, 0.5) is 5.13 Å². The Labute approximate surface area is 115 Å². The number of carbonyl (C=O) groups is 1. The molecule has 0 saturated carbocycles. The molecule has 0 bridgehead atoms. The Morgan fingerprint density at radius 2 is 2.33 bits per heavy atom. The van der Waals surface area contributed by atoms with Crippen LogP contribution < -0.4 is 15.8 Å². The molecule has 2 aromatic rings. The maximum absolute atomic E-state index is 11.1. The number of amides is 1. The minimum atomic E-state index is -0.242. The van der Waals surface area contributed by atoms with Crippen molar-refractivity contribution < 1.29 is 9.53 Å². The van der Waals surface area contributed by atoms with Gasteiger partial charge in [-0.3, -0.25) is 4.79 Å². The van der Waals surface area contributed by atoms with Crippen molar-refractivity contribution in [3.63, 3.8) is 0 Å². The van der Waals surface area contributed by atoms with Gasteiger partial charge in [0.25, 0.3) is 0 Å². The molecule has 0 spiro atoms. The summed E-state index contributed by atoms with van der Waals surface area (Å²) in [7, 11) is 0. The number of benzene rings is 1. The fraction of sp³-hybridized carbons (Fsp3) is 0.273. The van der Waals surface area contributed by atoms with Crippen LogP contribution in [-0.4, -0.2) is 24.0 Å². The van der Waals surface area contributed by atoms with E-state index >= 15 is 0 Å². The number of carbonyl (C=O) groups excluding carboxylic acids is 1. The fourth-order valence-corrected chi connectivity index (χ4v) is 2.30. The number of rotatable bonds is 4. The van der Waals surface area contributed by atoms with E-state index in [4.69, 9.17) is 10.5 Å². The van der Waals surface area contributed by atoms with Crippen LogP contribution in [0.1, 0.15) is 6.92 Å². The molecule has 18 heavy (non-hydrogen) atoms. The lowest BCUT2D eigenvalue weighted by molar-refractivity contribution is -0.114. The molecule has 5 nitrogen and oxygen atoms in total. The monoisotopic (exact) mass is 287 g/mol. The zero-order valence-corrected chi connectivity index (χ0v) is 11.4. The van der Waals surface area contributed by atoms with Crippen molar-refractivity contribution in [3.05, 3.63) is 18.2 Å². The highest BCUT2D eigenvalue weighted by atomic mass is 35.5. The van der Waals surface area contributed by atoms with E-state index in [1.165, 1.54) is 11.3 Å². The Kier molecular flexibility index (Phi) is 5.33. The van der Waals surface area contributed by atoms with E-state index in [0.29, 0.717) is 11.7 Å². The third-order valence-corrected chi connectivity index (χ3v) is 3.04. The van der Waals surface area contributed by atoms with Crippen LogP contribution in [-0.2, 0) is 4.79 Å². The number of hydrogen-bond acceptors (Lipinski definition) is 5. The number of anilines is 1. The topological polar surface area (TPSA) is 77.2 Å². The van der Waals surface area contributed by atoms with Gasteiger partial charge in [-0.05, 0) is 25.1 Å². The first-order valence-electron chi connectivity index (χ1n) is 5.26. The number of nitrogens with two attached hydrogens (primary N) is 1. The van der Waals surface area contributed by atoms with Crippen molar-refractivity contribution in [2.45, 2.75) is 6.92 Å².